The summed E-state index contributed by atoms with van der Waals surface area (Å²) >= 11 is 12.4. The standard InChI is InChI=1S/C18H18Cl2N2/c1-22-11-16(15-7-6-14(19)9-18(15)22)13(10-21)8-12-4-2-3-5-17(12)20/h2-7,9,11,13H,8,10,21H2,1H3. The van der Waals surface area contributed by atoms with Gasteiger partial charge in [-0.2, -0.15) is 0 Å². The number of aryl methyl sites for hydroxylation is 1. The fourth-order valence-electron chi connectivity index (χ4n) is 2.96. The summed E-state index contributed by atoms with van der Waals surface area (Å²) in [6, 6.07) is 13.9. The van der Waals surface area contributed by atoms with Gasteiger partial charge in [0, 0.05) is 40.1 Å². The molecule has 0 spiro atoms. The van der Waals surface area contributed by atoms with Crippen LogP contribution in [0.5, 0.6) is 0 Å². The molecule has 0 aliphatic heterocycles. The van der Waals surface area contributed by atoms with Crippen LogP contribution in [0, 0.1) is 0 Å². The highest BCUT2D eigenvalue weighted by Crippen LogP contribution is 2.32. The van der Waals surface area contributed by atoms with Gasteiger partial charge in [-0.1, -0.05) is 47.5 Å². The average Bonchev–Trinajstić information content (AvgIpc) is 2.83. The third-order valence-corrected chi connectivity index (χ3v) is 4.74. The lowest BCUT2D eigenvalue weighted by atomic mass is 9.92. The summed E-state index contributed by atoms with van der Waals surface area (Å²) in [5.41, 5.74) is 9.56. The minimum absolute atomic E-state index is 0.227. The topological polar surface area (TPSA) is 30.9 Å². The van der Waals surface area contributed by atoms with E-state index in [4.69, 9.17) is 28.9 Å². The van der Waals surface area contributed by atoms with E-state index >= 15 is 0 Å². The maximum Gasteiger partial charge on any atom is 0.0495 e. The lowest BCUT2D eigenvalue weighted by Gasteiger charge is -2.15. The normalized spacial score (nSPS) is 12.7. The Morgan fingerprint density at radius 1 is 1.14 bits per heavy atom. The summed E-state index contributed by atoms with van der Waals surface area (Å²) in [5, 5.41) is 2.74. The summed E-state index contributed by atoms with van der Waals surface area (Å²) in [4.78, 5) is 0. The van der Waals surface area contributed by atoms with Crippen molar-refractivity contribution in [3.8, 4) is 0 Å². The number of aromatic nitrogens is 1. The highest BCUT2D eigenvalue weighted by Gasteiger charge is 2.17. The minimum atomic E-state index is 0.227. The Hall–Kier alpha value is -1.48. The monoisotopic (exact) mass is 332 g/mol. The Balaban J connectivity index is 2.03. The minimum Gasteiger partial charge on any atom is -0.350 e. The molecule has 22 heavy (non-hydrogen) atoms. The van der Waals surface area contributed by atoms with Crippen LogP contribution in [0.2, 0.25) is 10.0 Å². The fourth-order valence-corrected chi connectivity index (χ4v) is 3.34. The van der Waals surface area contributed by atoms with Crippen LogP contribution in [0.4, 0.5) is 0 Å². The van der Waals surface area contributed by atoms with Gasteiger partial charge >= 0.3 is 0 Å². The van der Waals surface area contributed by atoms with Crippen LogP contribution in [0.1, 0.15) is 17.0 Å². The van der Waals surface area contributed by atoms with Crippen molar-refractivity contribution in [2.45, 2.75) is 12.3 Å². The molecule has 0 bridgehead atoms. The summed E-state index contributed by atoms with van der Waals surface area (Å²) < 4.78 is 2.10. The molecule has 4 heteroatoms. The second-order valence-electron chi connectivity index (χ2n) is 5.58. The van der Waals surface area contributed by atoms with Crippen molar-refractivity contribution >= 4 is 34.1 Å². The quantitative estimate of drug-likeness (QED) is 0.732. The molecule has 0 amide bonds. The lowest BCUT2D eigenvalue weighted by Crippen LogP contribution is -2.15. The Morgan fingerprint density at radius 2 is 1.91 bits per heavy atom. The van der Waals surface area contributed by atoms with E-state index in [1.807, 2.05) is 37.4 Å². The molecule has 1 unspecified atom stereocenters. The molecule has 0 saturated heterocycles. The fraction of sp³-hybridized carbons (Fsp3) is 0.222. The second kappa shape index (κ2) is 6.33. The van der Waals surface area contributed by atoms with Crippen LogP contribution in [0.15, 0.2) is 48.7 Å². The Bertz CT molecular complexity index is 808. The summed E-state index contributed by atoms with van der Waals surface area (Å²) in [7, 11) is 2.03. The predicted molar refractivity (Wildman–Crippen MR) is 94.9 cm³/mol. The van der Waals surface area contributed by atoms with Gasteiger partial charge < -0.3 is 10.3 Å². The summed E-state index contributed by atoms with van der Waals surface area (Å²) in [6.45, 7) is 0.576. The van der Waals surface area contributed by atoms with E-state index in [2.05, 4.69) is 22.9 Å². The van der Waals surface area contributed by atoms with Crippen LogP contribution < -0.4 is 5.73 Å². The van der Waals surface area contributed by atoms with E-state index in [-0.39, 0.29) is 5.92 Å². The molecule has 0 radical (unpaired) electrons. The van der Waals surface area contributed by atoms with Crippen molar-refractivity contribution < 1.29 is 0 Å². The van der Waals surface area contributed by atoms with Gasteiger partial charge in [0.15, 0.2) is 0 Å². The Kier molecular flexibility index (Phi) is 4.44. The third-order valence-electron chi connectivity index (χ3n) is 4.13. The van der Waals surface area contributed by atoms with Gasteiger partial charge in [0.2, 0.25) is 0 Å². The first kappa shape index (κ1) is 15.4. The van der Waals surface area contributed by atoms with Gasteiger partial charge in [-0.3, -0.25) is 0 Å². The van der Waals surface area contributed by atoms with E-state index in [9.17, 15) is 0 Å². The molecule has 0 saturated carbocycles. The molecule has 0 fully saturated rings. The molecule has 1 aromatic heterocycles. The number of nitrogens with two attached hydrogens (primary N) is 1. The lowest BCUT2D eigenvalue weighted by molar-refractivity contribution is 0.696. The van der Waals surface area contributed by atoms with Gasteiger partial charge in [0.05, 0.1) is 0 Å². The van der Waals surface area contributed by atoms with E-state index in [1.165, 1.54) is 10.9 Å². The number of benzene rings is 2. The first-order valence-electron chi connectivity index (χ1n) is 7.28. The van der Waals surface area contributed by atoms with Crippen molar-refractivity contribution in [2.75, 3.05) is 6.54 Å². The first-order valence-corrected chi connectivity index (χ1v) is 8.03. The van der Waals surface area contributed by atoms with Gasteiger partial charge in [0.25, 0.3) is 0 Å². The van der Waals surface area contributed by atoms with Gasteiger partial charge in [-0.05, 0) is 42.3 Å². The van der Waals surface area contributed by atoms with Crippen molar-refractivity contribution in [1.82, 2.24) is 4.57 Å². The number of rotatable bonds is 4. The average molecular weight is 333 g/mol. The highest BCUT2D eigenvalue weighted by molar-refractivity contribution is 6.31. The third kappa shape index (κ3) is 2.87. The maximum atomic E-state index is 6.29. The SMILES string of the molecule is Cn1cc(C(CN)Cc2ccccc2Cl)c2ccc(Cl)cc21. The van der Waals surface area contributed by atoms with E-state index in [0.717, 1.165) is 27.5 Å². The number of hydrogen-bond acceptors (Lipinski definition) is 1. The van der Waals surface area contributed by atoms with E-state index in [1.54, 1.807) is 0 Å². The molecule has 114 valence electrons. The zero-order chi connectivity index (χ0) is 15.7. The highest BCUT2D eigenvalue weighted by atomic mass is 35.5. The van der Waals surface area contributed by atoms with Gasteiger partial charge in [0.1, 0.15) is 0 Å². The van der Waals surface area contributed by atoms with Crippen molar-refractivity contribution in [2.24, 2.45) is 12.8 Å². The van der Waals surface area contributed by atoms with Crippen LogP contribution in [-0.2, 0) is 13.5 Å². The predicted octanol–water partition coefficient (Wildman–Crippen LogP) is 4.77. The molecule has 0 aliphatic carbocycles. The number of nitrogens with zero attached hydrogens (tertiary/aromatic N) is 1. The maximum absolute atomic E-state index is 6.29. The number of halogens is 2. The molecule has 2 N–H and O–H groups in total. The zero-order valence-electron chi connectivity index (χ0n) is 12.4. The smallest absolute Gasteiger partial charge is 0.0495 e. The van der Waals surface area contributed by atoms with Gasteiger partial charge in [-0.15, -0.1) is 0 Å². The van der Waals surface area contributed by atoms with Crippen LogP contribution in [0.3, 0.4) is 0 Å². The van der Waals surface area contributed by atoms with Crippen molar-refractivity contribution in [3.63, 3.8) is 0 Å². The molecule has 3 aromatic rings. The molecule has 2 nitrogen and oxygen atoms in total. The molecule has 0 aliphatic rings. The van der Waals surface area contributed by atoms with E-state index in [0.29, 0.717) is 6.54 Å². The van der Waals surface area contributed by atoms with E-state index < -0.39 is 0 Å². The molecular formula is C18H18Cl2N2. The Labute approximate surface area is 140 Å². The molecular weight excluding hydrogens is 315 g/mol. The summed E-state index contributed by atoms with van der Waals surface area (Å²) in [5.74, 6) is 0.227. The van der Waals surface area contributed by atoms with Crippen molar-refractivity contribution in [3.05, 3.63) is 69.8 Å². The van der Waals surface area contributed by atoms with Crippen LogP contribution in [-0.4, -0.2) is 11.1 Å². The second-order valence-corrected chi connectivity index (χ2v) is 6.43. The van der Waals surface area contributed by atoms with Crippen LogP contribution in [0.25, 0.3) is 10.9 Å². The van der Waals surface area contributed by atoms with Crippen LogP contribution >= 0.6 is 23.2 Å². The molecule has 1 atom stereocenters. The van der Waals surface area contributed by atoms with Crippen molar-refractivity contribution in [1.29, 1.82) is 0 Å². The first-order chi connectivity index (χ1) is 10.6. The number of hydrogen-bond donors (Lipinski definition) is 1. The van der Waals surface area contributed by atoms with Gasteiger partial charge in [-0.25, -0.2) is 0 Å². The number of fused-ring (bicyclic) bond motifs is 1. The molecule has 1 heterocycles. The molecule has 3 rings (SSSR count). The largest absolute Gasteiger partial charge is 0.350 e. The Morgan fingerprint density at radius 3 is 2.64 bits per heavy atom. The molecule has 2 aromatic carbocycles. The summed E-state index contributed by atoms with van der Waals surface area (Å²) in [6.07, 6.45) is 2.98. The zero-order valence-corrected chi connectivity index (χ0v) is 13.9.